The Balaban J connectivity index is 2.78. The second kappa shape index (κ2) is 6.56. The minimum atomic E-state index is -1.05. The summed E-state index contributed by atoms with van der Waals surface area (Å²) in [6.45, 7) is 5.84. The van der Waals surface area contributed by atoms with Gasteiger partial charge in [-0.3, -0.25) is 4.79 Å². The molecule has 0 radical (unpaired) electrons. The second-order valence-corrected chi connectivity index (χ2v) is 3.77. The molecule has 0 aliphatic carbocycles. The van der Waals surface area contributed by atoms with Crippen molar-refractivity contribution in [1.82, 2.24) is 5.32 Å². The zero-order valence-corrected chi connectivity index (χ0v) is 10.2. The lowest BCUT2D eigenvalue weighted by Crippen LogP contribution is -2.28. The fraction of sp³-hybridized carbons (Fsp3) is 0.231. The van der Waals surface area contributed by atoms with Crippen molar-refractivity contribution in [2.24, 2.45) is 0 Å². The van der Waals surface area contributed by atoms with E-state index in [-0.39, 0.29) is 18.0 Å². The maximum atomic E-state index is 11.6. The molecule has 1 aromatic carbocycles. The Morgan fingerprint density at radius 3 is 2.78 bits per heavy atom. The Morgan fingerprint density at radius 2 is 2.17 bits per heavy atom. The third kappa shape index (κ3) is 3.71. The fourth-order valence-corrected chi connectivity index (χ4v) is 1.54. The molecule has 0 heterocycles. The fourth-order valence-electron chi connectivity index (χ4n) is 1.54. The largest absolute Gasteiger partial charge is 0.478 e. The number of rotatable bonds is 6. The molecule has 0 fully saturated rings. The summed E-state index contributed by atoms with van der Waals surface area (Å²) in [4.78, 5) is 22.7. The molecule has 3 N–H and O–H groups in total. The number of nitrogens with one attached hydrogen (secondary N) is 2. The van der Waals surface area contributed by atoms with Crippen LogP contribution in [0.15, 0.2) is 30.9 Å². The van der Waals surface area contributed by atoms with Gasteiger partial charge in [0.1, 0.15) is 0 Å². The number of anilines is 1. The van der Waals surface area contributed by atoms with Crippen molar-refractivity contribution in [3.63, 3.8) is 0 Å². The highest BCUT2D eigenvalue weighted by Crippen LogP contribution is 2.19. The monoisotopic (exact) mass is 248 g/mol. The van der Waals surface area contributed by atoms with Gasteiger partial charge in [-0.15, -0.1) is 6.58 Å². The number of carboxylic acid groups (broad SMARTS) is 1. The topological polar surface area (TPSA) is 78.4 Å². The van der Waals surface area contributed by atoms with Crippen LogP contribution in [0.25, 0.3) is 0 Å². The molecule has 18 heavy (non-hydrogen) atoms. The number of carboxylic acids is 1. The van der Waals surface area contributed by atoms with Crippen LogP contribution in [-0.4, -0.2) is 30.1 Å². The highest BCUT2D eigenvalue weighted by molar-refractivity contribution is 6.02. The number of carbonyl (C=O) groups is 2. The number of aryl methyl sites for hydroxylation is 1. The third-order valence-electron chi connectivity index (χ3n) is 2.33. The quantitative estimate of drug-likeness (QED) is 0.525. The number of aromatic carboxylic acids is 1. The lowest BCUT2D eigenvalue weighted by atomic mass is 10.1. The summed E-state index contributed by atoms with van der Waals surface area (Å²) in [5, 5.41) is 14.5. The van der Waals surface area contributed by atoms with Crippen molar-refractivity contribution in [2.75, 3.05) is 18.4 Å². The van der Waals surface area contributed by atoms with Crippen molar-refractivity contribution in [2.45, 2.75) is 6.92 Å². The molecule has 0 aliphatic rings. The van der Waals surface area contributed by atoms with Gasteiger partial charge in [-0.05, 0) is 18.6 Å². The summed E-state index contributed by atoms with van der Waals surface area (Å²) in [5.74, 6) is -1.34. The summed E-state index contributed by atoms with van der Waals surface area (Å²) in [6, 6.07) is 4.96. The van der Waals surface area contributed by atoms with Gasteiger partial charge in [0.2, 0.25) is 5.91 Å². The second-order valence-electron chi connectivity index (χ2n) is 3.77. The first-order valence-corrected chi connectivity index (χ1v) is 5.50. The molecule has 1 aromatic rings. The van der Waals surface area contributed by atoms with Gasteiger partial charge in [-0.1, -0.05) is 18.2 Å². The molecule has 0 aromatic heterocycles. The maximum absolute atomic E-state index is 11.6. The standard InChI is InChI=1S/C13H16N2O3/c1-3-7-14-8-11(16)15-10-6-4-5-9(2)12(10)13(17)18/h3-6,14H,1,7-8H2,2H3,(H,15,16)(H,17,18). The molecule has 1 amide bonds. The molecule has 1 rings (SSSR count). The molecule has 5 heteroatoms. The molecule has 0 aliphatic heterocycles. The van der Waals surface area contributed by atoms with Gasteiger partial charge in [-0.2, -0.15) is 0 Å². The lowest BCUT2D eigenvalue weighted by molar-refractivity contribution is -0.115. The summed E-state index contributed by atoms with van der Waals surface area (Å²) in [5.41, 5.74) is 1.04. The number of amides is 1. The molecular formula is C13H16N2O3. The van der Waals surface area contributed by atoms with Crippen LogP contribution >= 0.6 is 0 Å². The smallest absolute Gasteiger partial charge is 0.338 e. The van der Waals surface area contributed by atoms with Gasteiger partial charge < -0.3 is 15.7 Å². The molecular weight excluding hydrogens is 232 g/mol. The highest BCUT2D eigenvalue weighted by atomic mass is 16.4. The van der Waals surface area contributed by atoms with Gasteiger partial charge in [0.15, 0.2) is 0 Å². The van der Waals surface area contributed by atoms with Crippen molar-refractivity contribution in [3.8, 4) is 0 Å². The number of hydrogen-bond donors (Lipinski definition) is 3. The Morgan fingerprint density at radius 1 is 1.44 bits per heavy atom. The number of carbonyl (C=O) groups excluding carboxylic acids is 1. The van der Waals surface area contributed by atoms with E-state index >= 15 is 0 Å². The van der Waals surface area contributed by atoms with Crippen LogP contribution in [0.3, 0.4) is 0 Å². The molecule has 0 spiro atoms. The van der Waals surface area contributed by atoms with E-state index in [2.05, 4.69) is 17.2 Å². The SMILES string of the molecule is C=CCNCC(=O)Nc1cccc(C)c1C(=O)O. The van der Waals surface area contributed by atoms with E-state index in [9.17, 15) is 9.59 Å². The average molecular weight is 248 g/mol. The first-order valence-electron chi connectivity index (χ1n) is 5.50. The molecule has 0 saturated carbocycles. The van der Waals surface area contributed by atoms with Crippen LogP contribution in [-0.2, 0) is 4.79 Å². The van der Waals surface area contributed by atoms with Crippen LogP contribution in [0.5, 0.6) is 0 Å². The van der Waals surface area contributed by atoms with E-state index in [4.69, 9.17) is 5.11 Å². The minimum Gasteiger partial charge on any atom is -0.478 e. The van der Waals surface area contributed by atoms with E-state index in [1.54, 1.807) is 31.2 Å². The van der Waals surface area contributed by atoms with E-state index in [0.717, 1.165) is 0 Å². The zero-order chi connectivity index (χ0) is 13.5. The van der Waals surface area contributed by atoms with Crippen molar-refractivity contribution >= 4 is 17.6 Å². The Bertz CT molecular complexity index is 469. The normalized spacial score (nSPS) is 9.83. The van der Waals surface area contributed by atoms with Crippen LogP contribution in [0.4, 0.5) is 5.69 Å². The predicted molar refractivity (Wildman–Crippen MR) is 69.8 cm³/mol. The highest BCUT2D eigenvalue weighted by Gasteiger charge is 2.14. The van der Waals surface area contributed by atoms with E-state index in [1.807, 2.05) is 0 Å². The first-order chi connectivity index (χ1) is 8.56. The summed E-state index contributed by atoms with van der Waals surface area (Å²) < 4.78 is 0. The van der Waals surface area contributed by atoms with Crippen LogP contribution in [0, 0.1) is 6.92 Å². The molecule has 96 valence electrons. The van der Waals surface area contributed by atoms with Gasteiger partial charge >= 0.3 is 5.97 Å². The number of benzene rings is 1. The molecule has 0 atom stereocenters. The Kier molecular flexibility index (Phi) is 5.07. The van der Waals surface area contributed by atoms with Crippen molar-refractivity contribution in [3.05, 3.63) is 42.0 Å². The van der Waals surface area contributed by atoms with Gasteiger partial charge in [0.25, 0.3) is 0 Å². The summed E-state index contributed by atoms with van der Waals surface area (Å²) in [6.07, 6.45) is 1.64. The van der Waals surface area contributed by atoms with E-state index < -0.39 is 5.97 Å². The van der Waals surface area contributed by atoms with Crippen molar-refractivity contribution in [1.29, 1.82) is 0 Å². The summed E-state index contributed by atoms with van der Waals surface area (Å²) in [7, 11) is 0. The minimum absolute atomic E-state index is 0.110. The van der Waals surface area contributed by atoms with Gasteiger partial charge in [0, 0.05) is 6.54 Å². The third-order valence-corrected chi connectivity index (χ3v) is 2.33. The number of hydrogen-bond acceptors (Lipinski definition) is 3. The first kappa shape index (κ1) is 13.9. The molecule has 0 bridgehead atoms. The van der Waals surface area contributed by atoms with E-state index in [1.165, 1.54) is 0 Å². The maximum Gasteiger partial charge on any atom is 0.338 e. The van der Waals surface area contributed by atoms with E-state index in [0.29, 0.717) is 17.8 Å². The van der Waals surface area contributed by atoms with Gasteiger partial charge in [-0.25, -0.2) is 4.79 Å². The average Bonchev–Trinajstić information content (AvgIpc) is 2.28. The van der Waals surface area contributed by atoms with Crippen molar-refractivity contribution < 1.29 is 14.7 Å². The van der Waals surface area contributed by atoms with Crippen LogP contribution < -0.4 is 10.6 Å². The molecule has 0 saturated heterocycles. The Labute approximate surface area is 106 Å². The molecule has 0 unspecified atom stereocenters. The lowest BCUT2D eigenvalue weighted by Gasteiger charge is -2.10. The van der Waals surface area contributed by atoms with Crippen LogP contribution in [0.2, 0.25) is 0 Å². The van der Waals surface area contributed by atoms with Crippen LogP contribution in [0.1, 0.15) is 15.9 Å². The summed E-state index contributed by atoms with van der Waals surface area (Å²) >= 11 is 0. The van der Waals surface area contributed by atoms with Gasteiger partial charge in [0.05, 0.1) is 17.8 Å². The predicted octanol–water partition coefficient (Wildman–Crippen LogP) is 1.41. The molecule has 5 nitrogen and oxygen atoms in total. The Hall–Kier alpha value is -2.14. The zero-order valence-electron chi connectivity index (χ0n) is 10.2.